The monoisotopic (exact) mass is 686 g/mol. The largest absolute Gasteiger partial charge is 0.481 e. The number of H-pyrrole nitrogens is 1. The second-order valence-corrected chi connectivity index (χ2v) is 15.6. The first-order valence-electron chi connectivity index (χ1n) is 17.5. The van der Waals surface area contributed by atoms with Crippen LogP contribution < -0.4 is 14.5 Å². The third-order valence-electron chi connectivity index (χ3n) is 11.6. The molecule has 0 atom stereocenters. The lowest BCUT2D eigenvalue weighted by atomic mass is 9.72. The van der Waals surface area contributed by atoms with E-state index in [1.54, 1.807) is 6.20 Å². The first kappa shape index (κ1) is 31.6. The number of piperidine rings is 1. The number of alkyl halides is 3. The van der Waals surface area contributed by atoms with Gasteiger partial charge in [0.05, 0.1) is 11.7 Å². The molecule has 0 radical (unpaired) electrons. The standard InChI is InChI=1S/C37H41F3N8O2/c1-4-28(49)47-17-35(18-47)9-11-46(12-10-35)33-25-13-24(23-6-7-23)30(29-22(2)5-8-27-26(29)14-41-44-27)32(50-21-37(38,39)40)31(25)42-34(43-33)48-19-36(20-48)15-45(3)16-36/h4-5,8,13-14,23H,1,6-7,9-12,15-21H2,2-3H3,(H,41,44). The molecule has 4 aliphatic heterocycles. The fourth-order valence-electron chi connectivity index (χ4n) is 9.10. The van der Waals surface area contributed by atoms with E-state index >= 15 is 0 Å². The number of hydrogen-bond donors (Lipinski definition) is 1. The highest BCUT2D eigenvalue weighted by Crippen LogP contribution is 2.54. The van der Waals surface area contributed by atoms with Crippen LogP contribution in [0.4, 0.5) is 24.9 Å². The maximum Gasteiger partial charge on any atom is 0.422 e. The molecule has 2 spiro atoms. The van der Waals surface area contributed by atoms with Gasteiger partial charge < -0.3 is 24.3 Å². The van der Waals surface area contributed by atoms with E-state index in [1.807, 2.05) is 24.0 Å². The molecule has 0 bridgehead atoms. The number of likely N-dealkylation sites (tertiary alicyclic amines) is 2. The summed E-state index contributed by atoms with van der Waals surface area (Å²) >= 11 is 0. The number of nitrogens with zero attached hydrogens (tertiary/aromatic N) is 7. The summed E-state index contributed by atoms with van der Waals surface area (Å²) < 4.78 is 48.0. The van der Waals surface area contributed by atoms with Crippen LogP contribution in [0.25, 0.3) is 32.9 Å². The lowest BCUT2D eigenvalue weighted by Gasteiger charge is -2.59. The summed E-state index contributed by atoms with van der Waals surface area (Å²) in [5.74, 6) is 1.59. The highest BCUT2D eigenvalue weighted by molar-refractivity contribution is 6.06. The Hall–Kier alpha value is -4.39. The number of fused-ring (bicyclic) bond motifs is 2. The Bertz CT molecular complexity index is 2030. The summed E-state index contributed by atoms with van der Waals surface area (Å²) in [5, 5.41) is 8.88. The molecule has 4 aromatic rings. The van der Waals surface area contributed by atoms with E-state index in [1.165, 1.54) is 6.08 Å². The van der Waals surface area contributed by atoms with Crippen molar-refractivity contribution in [1.82, 2.24) is 30.0 Å². The minimum absolute atomic E-state index is 0.0365. The summed E-state index contributed by atoms with van der Waals surface area (Å²) in [6, 6.07) is 6.06. The first-order chi connectivity index (χ1) is 23.9. The quantitative estimate of drug-likeness (QED) is 0.249. The molecular formula is C37H41F3N8O2. The number of aromatic amines is 1. The van der Waals surface area contributed by atoms with Gasteiger partial charge in [0.25, 0.3) is 0 Å². The lowest BCUT2D eigenvalue weighted by Crippen LogP contribution is -2.71. The number of ether oxygens (including phenoxy) is 1. The van der Waals surface area contributed by atoms with Crippen molar-refractivity contribution in [2.45, 2.75) is 44.7 Å². The van der Waals surface area contributed by atoms with Crippen LogP contribution in [0.15, 0.2) is 37.1 Å². The minimum Gasteiger partial charge on any atom is -0.481 e. The van der Waals surface area contributed by atoms with E-state index < -0.39 is 12.8 Å². The Labute approximate surface area is 288 Å². The number of aromatic nitrogens is 4. The average Bonchev–Trinajstić information content (AvgIpc) is 3.78. The van der Waals surface area contributed by atoms with Crippen molar-refractivity contribution in [2.75, 3.05) is 75.8 Å². The van der Waals surface area contributed by atoms with Crippen molar-refractivity contribution >= 4 is 39.5 Å². The molecule has 50 heavy (non-hydrogen) atoms. The van der Waals surface area contributed by atoms with Gasteiger partial charge in [-0.2, -0.15) is 23.3 Å². The second-order valence-electron chi connectivity index (χ2n) is 15.6. The first-order valence-corrected chi connectivity index (χ1v) is 17.5. The molecule has 5 aliphatic rings. The summed E-state index contributed by atoms with van der Waals surface area (Å²) in [4.78, 5) is 31.1. The molecule has 262 valence electrons. The van der Waals surface area contributed by atoms with E-state index in [-0.39, 0.29) is 28.4 Å². The van der Waals surface area contributed by atoms with Gasteiger partial charge in [0.1, 0.15) is 11.3 Å². The summed E-state index contributed by atoms with van der Waals surface area (Å²) in [7, 11) is 2.11. The molecule has 0 unspecified atom stereocenters. The number of hydrogen-bond acceptors (Lipinski definition) is 8. The van der Waals surface area contributed by atoms with Gasteiger partial charge in [-0.3, -0.25) is 9.89 Å². The molecule has 4 saturated heterocycles. The van der Waals surface area contributed by atoms with Crippen LogP contribution >= 0.6 is 0 Å². The number of rotatable bonds is 7. The van der Waals surface area contributed by atoms with Crippen LogP contribution in [0.3, 0.4) is 0 Å². The third-order valence-corrected chi connectivity index (χ3v) is 11.6. The molecule has 1 saturated carbocycles. The highest BCUT2D eigenvalue weighted by atomic mass is 19.4. The normalized spacial score (nSPS) is 21.4. The second kappa shape index (κ2) is 11.1. The molecule has 2 aromatic carbocycles. The summed E-state index contributed by atoms with van der Waals surface area (Å²) in [6.07, 6.45) is 2.24. The van der Waals surface area contributed by atoms with Crippen LogP contribution in [0.2, 0.25) is 0 Å². The van der Waals surface area contributed by atoms with Crippen molar-refractivity contribution in [1.29, 1.82) is 0 Å². The molecular weight excluding hydrogens is 645 g/mol. The molecule has 10 nitrogen and oxygen atoms in total. The zero-order chi connectivity index (χ0) is 34.6. The third kappa shape index (κ3) is 5.18. The maximum atomic E-state index is 14.0. The predicted molar refractivity (Wildman–Crippen MR) is 186 cm³/mol. The molecule has 13 heteroatoms. The van der Waals surface area contributed by atoms with E-state index in [9.17, 15) is 18.0 Å². The van der Waals surface area contributed by atoms with Crippen LogP contribution in [0.1, 0.15) is 42.7 Å². The number of aryl methyl sites for hydroxylation is 1. The van der Waals surface area contributed by atoms with Gasteiger partial charge in [-0.05, 0) is 80.5 Å². The van der Waals surface area contributed by atoms with Gasteiger partial charge in [-0.15, -0.1) is 0 Å². The van der Waals surface area contributed by atoms with Gasteiger partial charge >= 0.3 is 6.18 Å². The van der Waals surface area contributed by atoms with Crippen LogP contribution in [0, 0.1) is 17.8 Å². The Morgan fingerprint density at radius 2 is 1.76 bits per heavy atom. The Morgan fingerprint density at radius 1 is 1.02 bits per heavy atom. The summed E-state index contributed by atoms with van der Waals surface area (Å²) in [5.41, 5.74) is 4.87. The van der Waals surface area contributed by atoms with Crippen molar-refractivity contribution in [3.63, 3.8) is 0 Å². The van der Waals surface area contributed by atoms with Crippen LogP contribution in [0.5, 0.6) is 5.75 Å². The molecule has 2 aromatic heterocycles. The van der Waals surface area contributed by atoms with Crippen molar-refractivity contribution in [3.8, 4) is 16.9 Å². The van der Waals surface area contributed by atoms with Gasteiger partial charge in [-0.1, -0.05) is 12.6 Å². The Kier molecular flexibility index (Phi) is 6.98. The number of benzene rings is 2. The number of anilines is 2. The fraction of sp³-hybridized carbons (Fsp3) is 0.514. The predicted octanol–water partition coefficient (Wildman–Crippen LogP) is 5.67. The van der Waals surface area contributed by atoms with Gasteiger partial charge in [-0.25, -0.2) is 4.98 Å². The Morgan fingerprint density at radius 3 is 2.42 bits per heavy atom. The number of amides is 1. The van der Waals surface area contributed by atoms with E-state index in [0.29, 0.717) is 17.0 Å². The minimum atomic E-state index is -4.54. The number of carbonyl (C=O) groups is 1. The fourth-order valence-corrected chi connectivity index (χ4v) is 9.10. The molecule has 1 amide bonds. The van der Waals surface area contributed by atoms with Crippen molar-refractivity contribution in [3.05, 3.63) is 48.2 Å². The van der Waals surface area contributed by atoms with E-state index in [4.69, 9.17) is 14.7 Å². The zero-order valence-electron chi connectivity index (χ0n) is 28.4. The lowest BCUT2D eigenvalue weighted by molar-refractivity contribution is -0.153. The maximum absolute atomic E-state index is 14.0. The molecule has 1 aliphatic carbocycles. The van der Waals surface area contributed by atoms with Crippen LogP contribution in [-0.2, 0) is 4.79 Å². The van der Waals surface area contributed by atoms with E-state index in [2.05, 4.69) is 44.6 Å². The number of carbonyl (C=O) groups excluding carboxylic acids is 1. The Balaban J connectivity index is 1.20. The van der Waals surface area contributed by atoms with Crippen molar-refractivity contribution < 1.29 is 22.7 Å². The molecule has 6 heterocycles. The zero-order valence-corrected chi connectivity index (χ0v) is 28.4. The topological polar surface area (TPSA) is 93.7 Å². The van der Waals surface area contributed by atoms with Gasteiger partial charge in [0, 0.05) is 79.5 Å². The highest BCUT2D eigenvalue weighted by Gasteiger charge is 2.52. The van der Waals surface area contributed by atoms with Crippen LogP contribution in [-0.4, -0.2) is 108 Å². The van der Waals surface area contributed by atoms with Gasteiger partial charge in [0.2, 0.25) is 11.9 Å². The van der Waals surface area contributed by atoms with E-state index in [0.717, 1.165) is 117 Å². The number of halogens is 3. The van der Waals surface area contributed by atoms with Gasteiger partial charge in [0.15, 0.2) is 12.4 Å². The molecule has 9 rings (SSSR count). The molecule has 5 fully saturated rings. The smallest absolute Gasteiger partial charge is 0.422 e. The molecule has 1 N–H and O–H groups in total. The summed E-state index contributed by atoms with van der Waals surface area (Å²) in [6.45, 7) is 10.7. The average molecular weight is 687 g/mol. The SMILES string of the molecule is C=CC(=O)N1CC2(CCN(c3nc(N4CC5(CN(C)C5)C4)nc4c(OCC(F)(F)F)c(-c5c(C)ccc6[nH]ncc56)c(C5CC5)cc34)CC2)C1. The van der Waals surface area contributed by atoms with Crippen molar-refractivity contribution in [2.24, 2.45) is 10.8 Å². The number of nitrogens with one attached hydrogen (secondary N) is 1.